The summed E-state index contributed by atoms with van der Waals surface area (Å²) in [6, 6.07) is 4.11. The highest BCUT2D eigenvalue weighted by atomic mass is 35.5. The third-order valence-corrected chi connectivity index (χ3v) is 3.12. The summed E-state index contributed by atoms with van der Waals surface area (Å²) in [5, 5.41) is 5.28. The van der Waals surface area contributed by atoms with E-state index >= 15 is 0 Å². The van der Waals surface area contributed by atoms with Gasteiger partial charge in [0.05, 0.1) is 15.6 Å². The molecular weight excluding hydrogens is 282 g/mol. The van der Waals surface area contributed by atoms with Gasteiger partial charge in [0, 0.05) is 6.04 Å². The summed E-state index contributed by atoms with van der Waals surface area (Å²) in [6.45, 7) is 3.60. The predicted molar refractivity (Wildman–Crippen MR) is 70.6 cm³/mol. The Hall–Kier alpha value is -1.01. The summed E-state index contributed by atoms with van der Waals surface area (Å²) in [5.41, 5.74) is 0.269. The Morgan fingerprint density at radius 3 is 2.61 bits per heavy atom. The van der Waals surface area contributed by atoms with Crippen LogP contribution in [0.1, 0.15) is 13.8 Å². The number of benzene rings is 1. The van der Waals surface area contributed by atoms with Crippen molar-refractivity contribution >= 4 is 35.1 Å². The van der Waals surface area contributed by atoms with Crippen LogP contribution in [0.3, 0.4) is 0 Å². The monoisotopic (exact) mass is 294 g/mol. The summed E-state index contributed by atoms with van der Waals surface area (Å²) in [4.78, 5) is 11.7. The van der Waals surface area contributed by atoms with Crippen LogP contribution in [-0.4, -0.2) is 17.8 Å². The molecule has 1 aromatic carbocycles. The number of anilines is 1. The van der Waals surface area contributed by atoms with Crippen molar-refractivity contribution in [3.8, 4) is 0 Å². The molecule has 100 valence electrons. The molecule has 0 saturated carbocycles. The van der Waals surface area contributed by atoms with Gasteiger partial charge in [-0.25, -0.2) is 4.79 Å². The molecule has 1 aromatic rings. The minimum absolute atomic E-state index is 0.0459. The summed E-state index contributed by atoms with van der Waals surface area (Å²) in [6.07, 6.45) is 0. The van der Waals surface area contributed by atoms with Crippen molar-refractivity contribution in [2.75, 3.05) is 5.32 Å². The smallest absolute Gasteiger partial charge is 0.319 e. The summed E-state index contributed by atoms with van der Waals surface area (Å²) < 4.78 is 24.8. The van der Waals surface area contributed by atoms with E-state index in [1.165, 1.54) is 12.1 Å². The van der Waals surface area contributed by atoms with Gasteiger partial charge >= 0.3 is 6.03 Å². The quantitative estimate of drug-likeness (QED) is 0.818. The number of amides is 2. The van der Waals surface area contributed by atoms with Gasteiger partial charge in [0.15, 0.2) is 0 Å². The molecule has 0 saturated heterocycles. The van der Waals surface area contributed by atoms with Crippen LogP contribution in [0.5, 0.6) is 0 Å². The van der Waals surface area contributed by atoms with Crippen LogP contribution in [0, 0.1) is 0 Å². The summed E-state index contributed by atoms with van der Waals surface area (Å²) in [7, 11) is 0. The number of thioether (sulfide) groups is 1. The van der Waals surface area contributed by atoms with E-state index in [4.69, 9.17) is 11.6 Å². The average Bonchev–Trinajstić information content (AvgIpc) is 2.21. The van der Waals surface area contributed by atoms with Gasteiger partial charge in [0.1, 0.15) is 0 Å². The van der Waals surface area contributed by atoms with E-state index in [9.17, 15) is 13.6 Å². The lowest BCUT2D eigenvalue weighted by Gasteiger charge is -2.14. The van der Waals surface area contributed by atoms with Crippen molar-refractivity contribution in [3.05, 3.63) is 23.2 Å². The van der Waals surface area contributed by atoms with E-state index in [0.717, 1.165) is 0 Å². The topological polar surface area (TPSA) is 41.1 Å². The van der Waals surface area contributed by atoms with E-state index in [0.29, 0.717) is 11.8 Å². The van der Waals surface area contributed by atoms with E-state index in [2.05, 4.69) is 10.6 Å². The van der Waals surface area contributed by atoms with Crippen molar-refractivity contribution < 1.29 is 13.6 Å². The van der Waals surface area contributed by atoms with Gasteiger partial charge < -0.3 is 10.6 Å². The second kappa shape index (κ2) is 6.80. The van der Waals surface area contributed by atoms with Gasteiger partial charge in [0.2, 0.25) is 0 Å². The molecule has 18 heavy (non-hydrogen) atoms. The lowest BCUT2D eigenvalue weighted by atomic mass is 10.3. The third kappa shape index (κ3) is 4.70. The second-order valence-corrected chi connectivity index (χ2v) is 5.16. The van der Waals surface area contributed by atoms with Gasteiger partial charge in [-0.1, -0.05) is 29.4 Å². The molecule has 0 heterocycles. The Morgan fingerprint density at radius 1 is 1.39 bits per heavy atom. The van der Waals surface area contributed by atoms with Crippen LogP contribution in [0.2, 0.25) is 5.02 Å². The van der Waals surface area contributed by atoms with Crippen LogP contribution in [0.15, 0.2) is 23.1 Å². The Morgan fingerprint density at radius 2 is 2.06 bits per heavy atom. The first-order valence-corrected chi connectivity index (χ1v) is 6.46. The predicted octanol–water partition coefficient (Wildman–Crippen LogP) is 4.18. The average molecular weight is 295 g/mol. The zero-order valence-corrected chi connectivity index (χ0v) is 11.4. The number of alkyl halides is 2. The zero-order valence-electron chi connectivity index (χ0n) is 9.84. The molecule has 0 aromatic heterocycles. The molecule has 0 fully saturated rings. The summed E-state index contributed by atoms with van der Waals surface area (Å²) >= 11 is 6.14. The Bertz CT molecular complexity index is 430. The van der Waals surface area contributed by atoms with E-state index in [-0.39, 0.29) is 21.6 Å². The fourth-order valence-corrected chi connectivity index (χ4v) is 2.15. The highest BCUT2D eigenvalue weighted by Crippen LogP contribution is 2.37. The molecule has 2 amide bonds. The number of hydrogen-bond donors (Lipinski definition) is 2. The Kier molecular flexibility index (Phi) is 5.68. The molecule has 0 aliphatic heterocycles. The molecular formula is C11H13ClF2N2OS. The molecule has 0 aliphatic carbocycles. The van der Waals surface area contributed by atoms with Gasteiger partial charge in [-0.3, -0.25) is 0 Å². The van der Waals surface area contributed by atoms with Crippen LogP contribution in [0.4, 0.5) is 19.3 Å². The molecule has 0 atom stereocenters. The number of halogens is 3. The van der Waals surface area contributed by atoms with Gasteiger partial charge in [0.25, 0.3) is 5.76 Å². The molecule has 3 nitrogen and oxygen atoms in total. The maximum Gasteiger partial charge on any atom is 0.319 e. The van der Waals surface area contributed by atoms with Crippen LogP contribution in [0.25, 0.3) is 0 Å². The third-order valence-electron chi connectivity index (χ3n) is 1.84. The molecule has 2 N–H and O–H groups in total. The Balaban J connectivity index is 2.87. The number of nitrogens with one attached hydrogen (secondary N) is 2. The Labute approximate surface area is 113 Å². The minimum Gasteiger partial charge on any atom is -0.336 e. The summed E-state index contributed by atoms with van der Waals surface area (Å²) in [5.74, 6) is -2.60. The van der Waals surface area contributed by atoms with Crippen molar-refractivity contribution in [1.29, 1.82) is 0 Å². The molecule has 0 aliphatic rings. The van der Waals surface area contributed by atoms with Crippen LogP contribution in [-0.2, 0) is 0 Å². The van der Waals surface area contributed by atoms with E-state index in [1.807, 2.05) is 0 Å². The molecule has 0 unspecified atom stereocenters. The van der Waals surface area contributed by atoms with Crippen molar-refractivity contribution in [3.63, 3.8) is 0 Å². The molecule has 1 rings (SSSR count). The van der Waals surface area contributed by atoms with Crippen molar-refractivity contribution in [1.82, 2.24) is 5.32 Å². The maximum absolute atomic E-state index is 12.4. The van der Waals surface area contributed by atoms with Crippen LogP contribution < -0.4 is 10.6 Å². The van der Waals surface area contributed by atoms with Gasteiger partial charge in [-0.15, -0.1) is 0 Å². The lowest BCUT2D eigenvalue weighted by Crippen LogP contribution is -2.34. The van der Waals surface area contributed by atoms with Crippen molar-refractivity contribution in [2.45, 2.75) is 30.5 Å². The molecule has 0 radical (unpaired) electrons. The zero-order chi connectivity index (χ0) is 13.7. The van der Waals surface area contributed by atoms with E-state index < -0.39 is 11.8 Å². The number of carbonyl (C=O) groups excluding carboxylic acids is 1. The number of urea groups is 1. The van der Waals surface area contributed by atoms with Crippen LogP contribution >= 0.6 is 23.4 Å². The first kappa shape index (κ1) is 15.0. The second-order valence-electron chi connectivity index (χ2n) is 3.75. The maximum atomic E-state index is 12.4. The highest BCUT2D eigenvalue weighted by Gasteiger charge is 2.15. The SMILES string of the molecule is CC(C)NC(=O)Nc1cccc(Cl)c1SC(F)F. The normalized spacial score (nSPS) is 10.8. The van der Waals surface area contributed by atoms with Crippen molar-refractivity contribution in [2.24, 2.45) is 0 Å². The fraction of sp³-hybridized carbons (Fsp3) is 0.364. The minimum atomic E-state index is -2.60. The molecule has 0 spiro atoms. The van der Waals surface area contributed by atoms with E-state index in [1.54, 1.807) is 19.9 Å². The molecule has 7 heteroatoms. The highest BCUT2D eigenvalue weighted by molar-refractivity contribution is 7.99. The number of hydrogen-bond acceptors (Lipinski definition) is 2. The number of carbonyl (C=O) groups is 1. The first-order valence-electron chi connectivity index (χ1n) is 5.21. The number of rotatable bonds is 4. The molecule has 0 bridgehead atoms. The lowest BCUT2D eigenvalue weighted by molar-refractivity contribution is 0.249. The standard InChI is InChI=1S/C11H13ClF2N2OS/c1-6(2)15-11(17)16-8-5-3-4-7(12)9(8)18-10(13)14/h3-6,10H,1-2H3,(H2,15,16,17). The largest absolute Gasteiger partial charge is 0.336 e. The van der Waals surface area contributed by atoms with Gasteiger partial charge in [-0.05, 0) is 26.0 Å². The first-order chi connectivity index (χ1) is 8.40. The van der Waals surface area contributed by atoms with Gasteiger partial charge in [-0.2, -0.15) is 8.78 Å². The fourth-order valence-electron chi connectivity index (χ4n) is 1.24.